The van der Waals surface area contributed by atoms with Crippen molar-refractivity contribution in [1.82, 2.24) is 0 Å². The van der Waals surface area contributed by atoms with E-state index in [1.165, 1.54) is 7.11 Å². The summed E-state index contributed by atoms with van der Waals surface area (Å²) in [6.07, 6.45) is 1.41. The summed E-state index contributed by atoms with van der Waals surface area (Å²) in [6.45, 7) is 8.24. The van der Waals surface area contributed by atoms with Crippen molar-refractivity contribution in [1.29, 1.82) is 0 Å². The lowest BCUT2D eigenvalue weighted by atomic mass is 9.76. The van der Waals surface area contributed by atoms with Gasteiger partial charge in [0.25, 0.3) is 5.60 Å². The van der Waals surface area contributed by atoms with Gasteiger partial charge in [0.2, 0.25) is 0 Å². The van der Waals surface area contributed by atoms with E-state index in [0.717, 1.165) is 12.1 Å². The zero-order chi connectivity index (χ0) is 15.0. The lowest BCUT2D eigenvalue weighted by molar-refractivity contribution is -0.163. The molecule has 20 heavy (non-hydrogen) atoms. The van der Waals surface area contributed by atoms with Gasteiger partial charge < -0.3 is 14.4 Å². The lowest BCUT2D eigenvalue weighted by Crippen LogP contribution is -2.51. The van der Waals surface area contributed by atoms with Crippen LogP contribution in [0.1, 0.15) is 40.5 Å². The number of oxime groups is 2. The third-order valence-electron chi connectivity index (χ3n) is 3.76. The molecular weight excluding hydrogens is 260 g/mol. The molecule has 0 N–H and O–H groups in total. The molecule has 1 heterocycles. The van der Waals surface area contributed by atoms with Crippen molar-refractivity contribution in [3.63, 3.8) is 0 Å². The first kappa shape index (κ1) is 14.8. The molecule has 1 aliphatic carbocycles. The van der Waals surface area contributed by atoms with Crippen molar-refractivity contribution in [3.05, 3.63) is 0 Å². The molecule has 0 aromatic heterocycles. The molecule has 2 atom stereocenters. The molecule has 2 unspecified atom stereocenters. The first-order valence-electron chi connectivity index (χ1n) is 6.92. The maximum atomic E-state index is 12.4. The van der Waals surface area contributed by atoms with Crippen LogP contribution >= 0.6 is 0 Å². The summed E-state index contributed by atoms with van der Waals surface area (Å²) in [5.74, 6) is -0.559. The Balaban J connectivity index is 2.42. The minimum absolute atomic E-state index is 0.129. The number of nitrogens with zero attached hydrogens (tertiary/aromatic N) is 2. The summed E-state index contributed by atoms with van der Waals surface area (Å²) >= 11 is 0. The highest BCUT2D eigenvalue weighted by molar-refractivity contribution is 6.17. The van der Waals surface area contributed by atoms with Gasteiger partial charge in [0.05, 0.1) is 18.2 Å². The molecule has 2 rings (SSSR count). The standard InChI is InChI=1S/C14H22N2O4/c1-6-19-12(17)14-9(7-8-10(14)15-18-5)11(16-20-14)13(2,3)4/h9H,6-8H2,1-5H3/b15-10+. The number of hydrogen-bond acceptors (Lipinski definition) is 6. The van der Waals surface area contributed by atoms with Crippen LogP contribution in [0.25, 0.3) is 0 Å². The van der Waals surface area contributed by atoms with Crippen molar-refractivity contribution in [2.75, 3.05) is 13.7 Å². The zero-order valence-corrected chi connectivity index (χ0v) is 12.7. The highest BCUT2D eigenvalue weighted by atomic mass is 16.7. The Bertz CT molecular complexity index is 464. The van der Waals surface area contributed by atoms with Gasteiger partial charge in [0, 0.05) is 5.41 Å². The van der Waals surface area contributed by atoms with E-state index in [1.807, 2.05) is 0 Å². The predicted molar refractivity (Wildman–Crippen MR) is 74.5 cm³/mol. The smallest absolute Gasteiger partial charge is 0.360 e. The fraction of sp³-hybridized carbons (Fsp3) is 0.786. The second-order valence-corrected chi connectivity index (χ2v) is 6.09. The van der Waals surface area contributed by atoms with Crippen molar-refractivity contribution in [2.45, 2.75) is 46.1 Å². The second-order valence-electron chi connectivity index (χ2n) is 6.09. The number of fused-ring (bicyclic) bond motifs is 1. The Kier molecular flexibility index (Phi) is 3.75. The van der Waals surface area contributed by atoms with Crippen LogP contribution in [-0.4, -0.2) is 36.7 Å². The number of carbonyl (C=O) groups excluding carboxylic acids is 1. The second kappa shape index (κ2) is 5.07. The first-order chi connectivity index (χ1) is 9.37. The van der Waals surface area contributed by atoms with Crippen LogP contribution in [0, 0.1) is 11.3 Å². The van der Waals surface area contributed by atoms with Gasteiger partial charge in [-0.3, -0.25) is 0 Å². The van der Waals surface area contributed by atoms with Crippen LogP contribution in [0.15, 0.2) is 10.3 Å². The summed E-state index contributed by atoms with van der Waals surface area (Å²) in [7, 11) is 1.46. The topological polar surface area (TPSA) is 69.5 Å². The third kappa shape index (κ3) is 2.07. The molecule has 0 aromatic rings. The van der Waals surface area contributed by atoms with Crippen molar-refractivity contribution >= 4 is 17.4 Å². The molecule has 6 nitrogen and oxygen atoms in total. The first-order valence-corrected chi connectivity index (χ1v) is 6.92. The minimum atomic E-state index is -1.23. The fourth-order valence-electron chi connectivity index (χ4n) is 2.92. The molecule has 2 aliphatic rings. The largest absolute Gasteiger partial charge is 0.463 e. The van der Waals surface area contributed by atoms with Crippen LogP contribution in [-0.2, 0) is 19.2 Å². The van der Waals surface area contributed by atoms with Gasteiger partial charge >= 0.3 is 5.97 Å². The molecule has 1 saturated carbocycles. The van der Waals surface area contributed by atoms with Crippen LogP contribution in [0.5, 0.6) is 0 Å². The molecule has 0 amide bonds. The highest BCUT2D eigenvalue weighted by Gasteiger charge is 2.65. The van der Waals surface area contributed by atoms with E-state index in [0.29, 0.717) is 18.7 Å². The van der Waals surface area contributed by atoms with E-state index in [2.05, 4.69) is 31.1 Å². The van der Waals surface area contributed by atoms with Crippen LogP contribution in [0.3, 0.4) is 0 Å². The summed E-state index contributed by atoms with van der Waals surface area (Å²) in [5, 5.41) is 8.15. The SMILES string of the molecule is CCOC(=O)C12ON=C(C(C)(C)C)C1CC/C2=N\OC. The molecule has 0 spiro atoms. The van der Waals surface area contributed by atoms with Crippen molar-refractivity contribution < 1.29 is 19.2 Å². The summed E-state index contributed by atoms with van der Waals surface area (Å²) in [4.78, 5) is 22.9. The van der Waals surface area contributed by atoms with Crippen LogP contribution in [0.4, 0.5) is 0 Å². The number of hydrogen-bond donors (Lipinski definition) is 0. The summed E-state index contributed by atoms with van der Waals surface area (Å²) < 4.78 is 5.19. The normalized spacial score (nSPS) is 30.8. The Hall–Kier alpha value is -1.59. The summed E-state index contributed by atoms with van der Waals surface area (Å²) in [5.41, 5.74) is 0.0501. The van der Waals surface area contributed by atoms with Gasteiger partial charge in [-0.2, -0.15) is 0 Å². The fourth-order valence-corrected chi connectivity index (χ4v) is 2.92. The molecule has 0 saturated heterocycles. The van der Waals surface area contributed by atoms with E-state index in [1.54, 1.807) is 6.92 Å². The Morgan fingerprint density at radius 1 is 1.55 bits per heavy atom. The average Bonchev–Trinajstić information content (AvgIpc) is 2.88. The zero-order valence-electron chi connectivity index (χ0n) is 12.7. The van der Waals surface area contributed by atoms with E-state index < -0.39 is 11.6 Å². The van der Waals surface area contributed by atoms with E-state index in [-0.39, 0.29) is 11.3 Å². The summed E-state index contributed by atoms with van der Waals surface area (Å²) in [6, 6.07) is 0. The van der Waals surface area contributed by atoms with Crippen LogP contribution in [0.2, 0.25) is 0 Å². The van der Waals surface area contributed by atoms with Gasteiger partial charge in [-0.15, -0.1) is 0 Å². The van der Waals surface area contributed by atoms with E-state index in [9.17, 15) is 4.79 Å². The molecule has 6 heteroatoms. The monoisotopic (exact) mass is 282 g/mol. The highest BCUT2D eigenvalue weighted by Crippen LogP contribution is 2.46. The van der Waals surface area contributed by atoms with Crippen molar-refractivity contribution in [2.24, 2.45) is 21.6 Å². The van der Waals surface area contributed by atoms with Crippen molar-refractivity contribution in [3.8, 4) is 0 Å². The molecule has 112 valence electrons. The molecule has 0 aromatic carbocycles. The Morgan fingerprint density at radius 3 is 2.80 bits per heavy atom. The molecular formula is C14H22N2O4. The third-order valence-corrected chi connectivity index (χ3v) is 3.76. The molecule has 1 aliphatic heterocycles. The van der Waals surface area contributed by atoms with Gasteiger partial charge in [-0.1, -0.05) is 31.1 Å². The lowest BCUT2D eigenvalue weighted by Gasteiger charge is -2.27. The minimum Gasteiger partial charge on any atom is -0.463 e. The Morgan fingerprint density at radius 2 is 2.25 bits per heavy atom. The number of carbonyl (C=O) groups is 1. The van der Waals surface area contributed by atoms with E-state index in [4.69, 9.17) is 14.4 Å². The van der Waals surface area contributed by atoms with Crippen LogP contribution < -0.4 is 0 Å². The van der Waals surface area contributed by atoms with Gasteiger partial charge in [0.1, 0.15) is 12.8 Å². The maximum absolute atomic E-state index is 12.4. The average molecular weight is 282 g/mol. The number of esters is 1. The molecule has 0 bridgehead atoms. The number of ether oxygens (including phenoxy) is 1. The van der Waals surface area contributed by atoms with Gasteiger partial charge in [-0.05, 0) is 19.8 Å². The van der Waals surface area contributed by atoms with Gasteiger partial charge in [-0.25, -0.2) is 4.79 Å². The Labute approximate surface area is 119 Å². The molecule has 0 radical (unpaired) electrons. The molecule has 1 fully saturated rings. The maximum Gasteiger partial charge on any atom is 0.360 e. The number of rotatable bonds is 3. The quantitative estimate of drug-likeness (QED) is 0.587. The van der Waals surface area contributed by atoms with E-state index >= 15 is 0 Å². The van der Waals surface area contributed by atoms with Gasteiger partial charge in [0.15, 0.2) is 0 Å². The predicted octanol–water partition coefficient (Wildman–Crippen LogP) is 2.13.